The summed E-state index contributed by atoms with van der Waals surface area (Å²) in [5.41, 5.74) is 5.22. The van der Waals surface area contributed by atoms with Crippen LogP contribution in [-0.4, -0.2) is 30.8 Å². The van der Waals surface area contributed by atoms with Crippen LogP contribution < -0.4 is 0 Å². The zero-order valence-corrected chi connectivity index (χ0v) is 16.9. The highest BCUT2D eigenvalue weighted by atomic mass is 16.5. The second kappa shape index (κ2) is 9.45. The summed E-state index contributed by atoms with van der Waals surface area (Å²) in [6.07, 6.45) is 7.77. The maximum atomic E-state index is 13.0. The fourth-order valence-electron chi connectivity index (χ4n) is 3.68. The Morgan fingerprint density at radius 1 is 1.14 bits per heavy atom. The minimum atomic E-state index is -0.330. The molecule has 1 atom stereocenters. The number of carbonyl (C=O) groups is 1. The molecule has 0 N–H and O–H groups in total. The second-order valence-electron chi connectivity index (χ2n) is 7.14. The summed E-state index contributed by atoms with van der Waals surface area (Å²) in [5.74, 6) is 0.0684. The summed E-state index contributed by atoms with van der Waals surface area (Å²) >= 11 is 0. The molecule has 0 saturated heterocycles. The molecule has 3 rings (SSSR count). The van der Waals surface area contributed by atoms with Gasteiger partial charge in [-0.05, 0) is 29.5 Å². The Morgan fingerprint density at radius 3 is 2.61 bits per heavy atom. The van der Waals surface area contributed by atoms with Crippen LogP contribution in [0, 0.1) is 5.92 Å². The van der Waals surface area contributed by atoms with Crippen LogP contribution in [0.25, 0.3) is 16.7 Å². The van der Waals surface area contributed by atoms with Gasteiger partial charge in [0, 0.05) is 30.6 Å². The van der Waals surface area contributed by atoms with Crippen LogP contribution >= 0.6 is 0 Å². The van der Waals surface area contributed by atoms with Crippen LogP contribution in [0.3, 0.4) is 0 Å². The summed E-state index contributed by atoms with van der Waals surface area (Å²) in [6.45, 7) is 4.77. The molecule has 1 aromatic heterocycles. The van der Waals surface area contributed by atoms with Crippen LogP contribution in [0.15, 0.2) is 53.2 Å². The molecule has 0 aliphatic heterocycles. The average molecular weight is 377 g/mol. The largest absolute Gasteiger partial charge is 0.462 e. The van der Waals surface area contributed by atoms with Crippen molar-refractivity contribution in [1.82, 2.24) is 4.98 Å². The van der Waals surface area contributed by atoms with Gasteiger partial charge in [-0.2, -0.15) is 0 Å². The number of unbranched alkanes of at least 4 members (excludes halogenated alkanes) is 1. The molecule has 1 aromatic carbocycles. The molecule has 1 aliphatic rings. The molecule has 0 amide bonds. The molecular weight excluding hydrogens is 348 g/mol. The highest BCUT2D eigenvalue weighted by Crippen LogP contribution is 2.44. The highest BCUT2D eigenvalue weighted by Gasteiger charge is 2.29. The number of hydrogen-bond acceptors (Lipinski definition) is 4. The fourth-order valence-corrected chi connectivity index (χ4v) is 3.68. The number of pyridine rings is 1. The van der Waals surface area contributed by atoms with Gasteiger partial charge in [-0.3, -0.25) is 9.98 Å². The van der Waals surface area contributed by atoms with E-state index in [2.05, 4.69) is 29.9 Å². The molecule has 0 spiro atoms. The number of carbonyl (C=O) groups excluding carboxylic acids is 1. The third-order valence-electron chi connectivity index (χ3n) is 5.27. The van der Waals surface area contributed by atoms with Gasteiger partial charge in [-0.1, -0.05) is 63.4 Å². The molecule has 0 bridgehead atoms. The van der Waals surface area contributed by atoms with Gasteiger partial charge in [0.05, 0.1) is 17.9 Å². The second-order valence-corrected chi connectivity index (χ2v) is 7.14. The Hall–Kier alpha value is -2.75. The van der Waals surface area contributed by atoms with Gasteiger partial charge in [0.15, 0.2) is 0 Å². The van der Waals surface area contributed by atoms with Crippen LogP contribution in [0.5, 0.6) is 0 Å². The summed E-state index contributed by atoms with van der Waals surface area (Å²) in [5, 5.41) is 0. The van der Waals surface area contributed by atoms with Crippen molar-refractivity contribution in [2.45, 2.75) is 39.5 Å². The molecule has 4 nitrogen and oxygen atoms in total. The lowest BCUT2D eigenvalue weighted by Crippen LogP contribution is -2.17. The van der Waals surface area contributed by atoms with Gasteiger partial charge < -0.3 is 4.74 Å². The quantitative estimate of drug-likeness (QED) is 0.303. The van der Waals surface area contributed by atoms with Crippen molar-refractivity contribution < 1.29 is 9.53 Å². The molecule has 0 saturated carbocycles. The van der Waals surface area contributed by atoms with Crippen molar-refractivity contribution in [1.29, 1.82) is 0 Å². The Morgan fingerprint density at radius 2 is 1.89 bits per heavy atom. The molecule has 146 valence electrons. The Labute approximate surface area is 167 Å². The van der Waals surface area contributed by atoms with Crippen molar-refractivity contribution >= 4 is 17.8 Å². The van der Waals surface area contributed by atoms with Crippen molar-refractivity contribution in [2.24, 2.45) is 10.9 Å². The standard InChI is InChI=1S/C24H28N2O2/c1-4-6-10-17(5-2)16-28-24(27)21(15-25-3)22-19-12-8-7-11-18(19)20-13-9-14-26-23(20)22/h7-9,11-15,17H,4-6,10,16H2,1-3H3/b22-21-,25-15?. The molecule has 1 unspecified atom stereocenters. The Kier molecular flexibility index (Phi) is 6.75. The van der Waals surface area contributed by atoms with Gasteiger partial charge in [0.1, 0.15) is 0 Å². The third-order valence-corrected chi connectivity index (χ3v) is 5.27. The molecule has 1 aliphatic carbocycles. The molecule has 4 heteroatoms. The molecule has 2 aromatic rings. The van der Waals surface area contributed by atoms with Crippen LogP contribution in [0.1, 0.15) is 50.8 Å². The summed E-state index contributed by atoms with van der Waals surface area (Å²) in [4.78, 5) is 21.7. The topological polar surface area (TPSA) is 51.5 Å². The number of fused-ring (bicyclic) bond motifs is 3. The monoisotopic (exact) mass is 376 g/mol. The zero-order valence-electron chi connectivity index (χ0n) is 16.9. The van der Waals surface area contributed by atoms with E-state index in [1.165, 1.54) is 0 Å². The SMILES string of the molecule is CCCCC(CC)COC(=O)/C(C=NC)=C1/c2ccccc2-c2cccnc21. The van der Waals surface area contributed by atoms with Crippen LogP contribution in [0.2, 0.25) is 0 Å². The fraction of sp³-hybridized carbons (Fsp3) is 0.375. The zero-order chi connectivity index (χ0) is 19.9. The van der Waals surface area contributed by atoms with E-state index >= 15 is 0 Å². The molecular formula is C24H28N2O2. The van der Waals surface area contributed by atoms with Crippen LogP contribution in [-0.2, 0) is 9.53 Å². The molecule has 0 radical (unpaired) electrons. The van der Waals surface area contributed by atoms with E-state index in [-0.39, 0.29) is 5.97 Å². The van der Waals surface area contributed by atoms with E-state index in [1.54, 1.807) is 19.5 Å². The highest BCUT2D eigenvalue weighted by molar-refractivity contribution is 6.21. The maximum Gasteiger partial charge on any atom is 0.340 e. The number of rotatable bonds is 8. The predicted octanol–water partition coefficient (Wildman–Crippen LogP) is 5.32. The van der Waals surface area contributed by atoms with Gasteiger partial charge in [-0.15, -0.1) is 0 Å². The molecule has 1 heterocycles. The number of hydrogen-bond donors (Lipinski definition) is 0. The number of ether oxygens (including phenoxy) is 1. The number of aromatic nitrogens is 1. The first-order valence-corrected chi connectivity index (χ1v) is 10.1. The normalized spacial score (nSPS) is 15.2. The van der Waals surface area contributed by atoms with Gasteiger partial charge in [0.2, 0.25) is 0 Å². The average Bonchev–Trinajstić information content (AvgIpc) is 3.06. The van der Waals surface area contributed by atoms with Gasteiger partial charge >= 0.3 is 5.97 Å². The molecule has 28 heavy (non-hydrogen) atoms. The van der Waals surface area contributed by atoms with Crippen LogP contribution in [0.4, 0.5) is 0 Å². The third kappa shape index (κ3) is 4.06. The Bertz CT molecular complexity index is 851. The van der Waals surface area contributed by atoms with E-state index in [1.807, 2.05) is 30.3 Å². The lowest BCUT2D eigenvalue weighted by molar-refractivity contribution is -0.139. The summed E-state index contributed by atoms with van der Waals surface area (Å²) < 4.78 is 5.73. The first-order valence-electron chi connectivity index (χ1n) is 10.1. The number of aliphatic imine (C=N–C) groups is 1. The van der Waals surface area contributed by atoms with E-state index in [9.17, 15) is 4.79 Å². The Balaban J connectivity index is 1.97. The van der Waals surface area contributed by atoms with Crippen molar-refractivity contribution in [3.05, 3.63) is 59.4 Å². The number of benzene rings is 1. The van der Waals surface area contributed by atoms with Gasteiger partial charge in [0.25, 0.3) is 0 Å². The number of esters is 1. The summed E-state index contributed by atoms with van der Waals surface area (Å²) in [7, 11) is 1.67. The van der Waals surface area contributed by atoms with Crippen molar-refractivity contribution in [3.8, 4) is 11.1 Å². The van der Waals surface area contributed by atoms with E-state index in [0.29, 0.717) is 18.1 Å². The lowest BCUT2D eigenvalue weighted by Gasteiger charge is -2.15. The smallest absolute Gasteiger partial charge is 0.340 e. The number of nitrogens with zero attached hydrogens (tertiary/aromatic N) is 2. The van der Waals surface area contributed by atoms with E-state index in [4.69, 9.17) is 4.74 Å². The van der Waals surface area contributed by atoms with E-state index in [0.717, 1.165) is 53.6 Å². The maximum absolute atomic E-state index is 13.0. The minimum absolute atomic E-state index is 0.330. The van der Waals surface area contributed by atoms with E-state index < -0.39 is 0 Å². The summed E-state index contributed by atoms with van der Waals surface area (Å²) in [6, 6.07) is 12.0. The van der Waals surface area contributed by atoms with Crippen molar-refractivity contribution in [3.63, 3.8) is 0 Å². The first kappa shape index (κ1) is 20.0. The predicted molar refractivity (Wildman–Crippen MR) is 114 cm³/mol. The minimum Gasteiger partial charge on any atom is -0.462 e. The van der Waals surface area contributed by atoms with Gasteiger partial charge in [-0.25, -0.2) is 4.79 Å². The van der Waals surface area contributed by atoms with Crippen molar-refractivity contribution in [2.75, 3.05) is 13.7 Å². The lowest BCUT2D eigenvalue weighted by atomic mass is 9.99. The first-order chi connectivity index (χ1) is 13.7. The molecule has 0 fully saturated rings.